The molecule has 95 heavy (non-hydrogen) atoms. The number of hydrogen-bond acceptors (Lipinski definition) is 24. The maximum Gasteiger partial charge on any atom is 0.335 e. The van der Waals surface area contributed by atoms with Gasteiger partial charge in [0.05, 0.1) is 174 Å². The van der Waals surface area contributed by atoms with Crippen molar-refractivity contribution in [2.24, 2.45) is 0 Å². The molecule has 5 N–H and O–H groups in total. The van der Waals surface area contributed by atoms with Crippen molar-refractivity contribution in [2.45, 2.75) is 69.1 Å². The Morgan fingerprint density at radius 3 is 1.57 bits per heavy atom. The lowest BCUT2D eigenvalue weighted by Crippen LogP contribution is -2.35. The van der Waals surface area contributed by atoms with Gasteiger partial charge in [0, 0.05) is 60.6 Å². The Balaban J connectivity index is 1.19. The van der Waals surface area contributed by atoms with E-state index in [2.05, 4.69) is 20.8 Å². The van der Waals surface area contributed by atoms with Gasteiger partial charge in [0.25, 0.3) is 30.4 Å². The number of nitrogens with zero attached hydrogens (tertiary/aromatic N) is 3. The molecule has 1 aromatic carbocycles. The molecule has 0 amide bonds. The number of benzene rings is 2. The van der Waals surface area contributed by atoms with E-state index in [0.29, 0.717) is 144 Å². The number of carbonyl (C=O) groups is 1. The van der Waals surface area contributed by atoms with E-state index in [1.54, 1.807) is 25.3 Å². The van der Waals surface area contributed by atoms with Crippen LogP contribution in [-0.2, 0) is 103 Å². The molecule has 1 atom stereocenters. The van der Waals surface area contributed by atoms with Gasteiger partial charge in [-0.15, -0.1) is 4.73 Å². The number of allylic oxidation sites excluding steroid dienone is 3. The Kier molecular flexibility index (Phi) is 35.2. The number of fused-ring (bicyclic) bond motifs is 2. The highest BCUT2D eigenvalue weighted by molar-refractivity contribution is 7.86. The molecule has 1 aromatic heterocycles. The average Bonchev–Trinajstić information content (AvgIpc) is 1.60. The first kappa shape index (κ1) is 80.2. The van der Waals surface area contributed by atoms with Crippen molar-refractivity contribution in [1.82, 2.24) is 9.31 Å². The standard InChI is InChI=1S/C63H95N3O26S3/c1-62(2,3)54-48-51(91-57-47-50(11-13-53(54)57)64(19-8-46-94(73,74)75)20-23-81-28-31-85-36-39-89-42-41-87-34-33-83-26-25-79-5)9-6-10-58-63(4,18-7-45-93(70,71)72)55-49-52(95(76,77)78)12-14-56(55)65(58)21-24-82-29-32-86-37-40-90-44-43-88-38-35-84-30-27-80-22-17-61(69)92-66-59(67)15-16-60(66)68/h6,9-16,47-49H,7-8,17-46H2,1-5H3,(H4-,67,68,70,71,72,73,74,75,76,77,78)/p+1. The molecule has 32 heteroatoms. The topological polar surface area (TPSA) is 365 Å². The fourth-order valence-corrected chi connectivity index (χ4v) is 11.4. The summed E-state index contributed by atoms with van der Waals surface area (Å²) in [5, 5.41) is 19.8. The summed E-state index contributed by atoms with van der Waals surface area (Å²) >= 11 is 0. The number of aromatic hydroxyl groups is 2. The van der Waals surface area contributed by atoms with Gasteiger partial charge in [-0.2, -0.15) is 25.3 Å². The lowest BCUT2D eigenvalue weighted by molar-refractivity contribution is -0.146. The highest BCUT2D eigenvalue weighted by Gasteiger charge is 2.44. The average molecular weight is 1410 g/mol. The number of anilines is 1. The van der Waals surface area contributed by atoms with Gasteiger partial charge < -0.3 is 81.2 Å². The summed E-state index contributed by atoms with van der Waals surface area (Å²) in [5.41, 5.74) is 2.06. The van der Waals surface area contributed by atoms with E-state index in [-0.39, 0.29) is 102 Å². The molecule has 0 spiro atoms. The lowest BCUT2D eigenvalue weighted by Gasteiger charge is -2.30. The van der Waals surface area contributed by atoms with Crippen molar-refractivity contribution in [2.75, 3.05) is 195 Å². The first-order valence-electron chi connectivity index (χ1n) is 31.3. The van der Waals surface area contributed by atoms with Gasteiger partial charge >= 0.3 is 5.97 Å². The van der Waals surface area contributed by atoms with Crippen molar-refractivity contribution >= 4 is 48.1 Å². The van der Waals surface area contributed by atoms with Crippen LogP contribution in [0, 0.1) is 0 Å². The molecule has 29 nitrogen and oxygen atoms in total. The number of rotatable bonds is 51. The molecule has 536 valence electrons. The fraction of sp³-hybridized carbons (Fsp3) is 0.619. The monoisotopic (exact) mass is 1410 g/mol. The quantitative estimate of drug-likeness (QED) is 0.0232. The molecular weight excluding hydrogens is 1310 g/mol. The van der Waals surface area contributed by atoms with Crippen molar-refractivity contribution in [3.05, 3.63) is 94.7 Å². The molecule has 1 unspecified atom stereocenters. The number of methoxy groups -OCH3 is 1. The minimum absolute atomic E-state index is 0.00720. The lowest BCUT2D eigenvalue weighted by atomic mass is 9.77. The molecule has 0 radical (unpaired) electrons. The minimum Gasteiger partial charge on any atom is -0.492 e. The Hall–Kier alpha value is -5.47. The minimum atomic E-state index is -4.67. The van der Waals surface area contributed by atoms with Crippen LogP contribution in [0.5, 0.6) is 11.8 Å². The van der Waals surface area contributed by atoms with E-state index in [1.165, 1.54) is 24.3 Å². The van der Waals surface area contributed by atoms with Crippen LogP contribution in [0.3, 0.4) is 0 Å². The maximum atomic E-state index is 12.6. The smallest absolute Gasteiger partial charge is 0.335 e. The van der Waals surface area contributed by atoms with E-state index in [9.17, 15) is 53.9 Å². The third kappa shape index (κ3) is 30.0. The van der Waals surface area contributed by atoms with E-state index in [4.69, 9.17) is 66.1 Å². The van der Waals surface area contributed by atoms with E-state index >= 15 is 0 Å². The zero-order valence-electron chi connectivity index (χ0n) is 54.9. The highest BCUT2D eigenvalue weighted by Crippen LogP contribution is 2.51. The van der Waals surface area contributed by atoms with Crippen LogP contribution in [0.15, 0.2) is 81.8 Å². The highest BCUT2D eigenvalue weighted by atomic mass is 32.2. The molecule has 3 heterocycles. The fourth-order valence-electron chi connectivity index (χ4n) is 9.89. The van der Waals surface area contributed by atoms with E-state index in [1.807, 2.05) is 46.7 Å². The second kappa shape index (κ2) is 41.7. The number of ether oxygens (including phenoxy) is 12. The third-order valence-corrected chi connectivity index (χ3v) is 17.0. The van der Waals surface area contributed by atoms with Crippen molar-refractivity contribution < 1.29 is 120 Å². The predicted octanol–water partition coefficient (Wildman–Crippen LogP) is 4.41. The Morgan fingerprint density at radius 2 is 1.07 bits per heavy atom. The van der Waals surface area contributed by atoms with Gasteiger partial charge in [0.15, 0.2) is 6.54 Å². The van der Waals surface area contributed by atoms with Gasteiger partial charge in [0.1, 0.15) is 24.7 Å². The zero-order chi connectivity index (χ0) is 69.2. The van der Waals surface area contributed by atoms with Crippen LogP contribution in [0.2, 0.25) is 0 Å². The second-order valence-electron chi connectivity index (χ2n) is 22.8. The third-order valence-electron chi connectivity index (χ3n) is 14.6. The summed E-state index contributed by atoms with van der Waals surface area (Å²) in [6.07, 6.45) is 5.53. The van der Waals surface area contributed by atoms with E-state index in [0.717, 1.165) is 11.1 Å². The summed E-state index contributed by atoms with van der Waals surface area (Å²) in [7, 11) is -11.7. The van der Waals surface area contributed by atoms with Gasteiger partial charge in [-0.3, -0.25) is 13.7 Å². The first-order valence-corrected chi connectivity index (χ1v) is 36.0. The van der Waals surface area contributed by atoms with Gasteiger partial charge in [0.2, 0.25) is 17.1 Å². The maximum absolute atomic E-state index is 12.6. The van der Waals surface area contributed by atoms with Crippen LogP contribution >= 0.6 is 0 Å². The van der Waals surface area contributed by atoms with Gasteiger partial charge in [-0.25, -0.2) is 9.37 Å². The molecule has 2 aromatic rings. The first-order chi connectivity index (χ1) is 45.3. The van der Waals surface area contributed by atoms with Crippen LogP contribution in [-0.4, -0.2) is 250 Å². The van der Waals surface area contributed by atoms with Crippen LogP contribution < -0.4 is 19.7 Å². The van der Waals surface area contributed by atoms with Gasteiger partial charge in [-0.1, -0.05) is 26.8 Å². The molecule has 3 aliphatic rings. The normalized spacial score (nSPS) is 15.5. The summed E-state index contributed by atoms with van der Waals surface area (Å²) in [5.74, 6) is -1.55. The van der Waals surface area contributed by atoms with Crippen LogP contribution in [0.4, 0.5) is 5.69 Å². The summed E-state index contributed by atoms with van der Waals surface area (Å²) in [4.78, 5) is 18.3. The zero-order valence-corrected chi connectivity index (χ0v) is 57.4. The summed E-state index contributed by atoms with van der Waals surface area (Å²) < 4.78 is 178. The molecule has 0 saturated carbocycles. The van der Waals surface area contributed by atoms with Crippen LogP contribution in [0.1, 0.15) is 70.3 Å². The number of hydrogen-bond donors (Lipinski definition) is 5. The largest absolute Gasteiger partial charge is 0.492 e. The van der Waals surface area contributed by atoms with Crippen LogP contribution in [0.25, 0.3) is 17.4 Å². The Morgan fingerprint density at radius 1 is 0.589 bits per heavy atom. The number of carbonyl (C=O) groups excluding carboxylic acids is 1. The summed E-state index contributed by atoms with van der Waals surface area (Å²) in [6, 6.07) is 14.3. The van der Waals surface area contributed by atoms with Crippen molar-refractivity contribution in [3.63, 3.8) is 0 Å². The predicted molar refractivity (Wildman–Crippen MR) is 349 cm³/mol. The number of aromatic nitrogens is 1. The van der Waals surface area contributed by atoms with Gasteiger partial charge in [-0.05, 0) is 78.8 Å². The molecule has 0 saturated heterocycles. The second-order valence-corrected chi connectivity index (χ2v) is 27.4. The SMILES string of the molecule is COCCOCCOCCOCCOCCOCC[N+](CCCS(=O)(=O)O)=c1ccc2c(C(C)(C)C)cc(C=CC=C3N(CCOCCOCCOCCOCCOCCOCCC(=O)On4c(O)ccc4O)c4ccc(S(=O)(=O)O)cc4C3(C)CCCS(=O)(=O)O)oc-2c1. The summed E-state index contributed by atoms with van der Waals surface area (Å²) in [6.45, 7) is 16.4. The Labute approximate surface area is 556 Å². The molecule has 5 rings (SSSR count). The molecule has 1 aliphatic carbocycles. The molecular formula is C63H96N3O26S3+. The molecule has 0 bridgehead atoms. The molecule has 2 aliphatic heterocycles. The Bertz CT molecular complexity index is 3360. The van der Waals surface area contributed by atoms with Crippen molar-refractivity contribution in [3.8, 4) is 23.1 Å². The molecule has 0 fully saturated rings. The van der Waals surface area contributed by atoms with E-state index < -0.39 is 65.0 Å². The van der Waals surface area contributed by atoms with Crippen molar-refractivity contribution in [1.29, 1.82) is 0 Å².